The van der Waals surface area contributed by atoms with E-state index in [1.165, 1.54) is 4.90 Å². The van der Waals surface area contributed by atoms with Crippen LogP contribution in [-0.2, 0) is 49.4 Å². The fraction of sp³-hybridized carbons (Fsp3) is 0.636. The van der Waals surface area contributed by atoms with Gasteiger partial charge in [-0.3, -0.25) is 14.4 Å². The van der Waals surface area contributed by atoms with E-state index in [0.717, 1.165) is 53.5 Å². The lowest BCUT2D eigenvalue weighted by atomic mass is 9.81. The summed E-state index contributed by atoms with van der Waals surface area (Å²) in [5, 5.41) is 17.1. The number of hydrogen-bond acceptors (Lipinski definition) is 11. The molecule has 2 aromatic rings. The first-order valence-corrected chi connectivity index (χ1v) is 25.0. The molecule has 0 radical (unpaired) electrons. The van der Waals surface area contributed by atoms with Crippen molar-refractivity contribution in [2.45, 2.75) is 167 Å². The fourth-order valence-corrected chi connectivity index (χ4v) is 11.4. The van der Waals surface area contributed by atoms with E-state index in [1.807, 2.05) is 32.9 Å². The minimum Gasteiger partial charge on any atom is -0.456 e. The number of methoxy groups -OCH3 is 3. The maximum Gasteiger partial charge on any atom is 0.329 e. The van der Waals surface area contributed by atoms with E-state index in [2.05, 4.69) is 66.5 Å². The van der Waals surface area contributed by atoms with Crippen molar-refractivity contribution in [1.82, 2.24) is 9.47 Å². The summed E-state index contributed by atoms with van der Waals surface area (Å²) >= 11 is 0. The summed E-state index contributed by atoms with van der Waals surface area (Å²) in [6, 6.07) is 7.56. The van der Waals surface area contributed by atoms with Crippen molar-refractivity contribution in [2.75, 3.05) is 33.2 Å². The van der Waals surface area contributed by atoms with Gasteiger partial charge >= 0.3 is 5.97 Å². The van der Waals surface area contributed by atoms with Gasteiger partial charge in [-0.15, -0.1) is 13.2 Å². The van der Waals surface area contributed by atoms with Crippen molar-refractivity contribution in [1.29, 1.82) is 0 Å². The Morgan fingerprint density at radius 2 is 1.66 bits per heavy atom. The smallest absolute Gasteiger partial charge is 0.329 e. The standard InChI is InChI=1S/C55H79N3O10/c1-11-15-41-28-34(3)27-35(4)29-48(65-9)51-49(66-10)31-38(7)55(63,68-51)52(60)53(61)58-25-14-13-16-45(58)54(62)67-50(36(5)17-22-46(41)59)37(6)30-39-18-20-43(47(32-39)64-8)56-42-19-21-44-40(33-42)23-26-57(44)24-12-2/h11-12,19,21,23,26,28,30,33,35-36,38-39,41,43,45,47-51,56,63H,1-2,13-18,20,22,24-25,27,29,31-32H2,3-10H3/b34-28+,37-30?. The van der Waals surface area contributed by atoms with Crippen molar-refractivity contribution >= 4 is 40.0 Å². The van der Waals surface area contributed by atoms with Crippen LogP contribution in [0.2, 0.25) is 0 Å². The van der Waals surface area contributed by atoms with Crippen molar-refractivity contribution in [3.05, 3.63) is 79.1 Å². The van der Waals surface area contributed by atoms with Crippen LogP contribution in [0.15, 0.2) is 79.1 Å². The third-order valence-electron chi connectivity index (χ3n) is 15.2. The maximum atomic E-state index is 14.6. The van der Waals surface area contributed by atoms with Gasteiger partial charge in [0.2, 0.25) is 5.79 Å². The van der Waals surface area contributed by atoms with Crippen LogP contribution in [0.4, 0.5) is 5.69 Å². The predicted molar refractivity (Wildman–Crippen MR) is 265 cm³/mol. The number of Topliss-reactive ketones (excluding diaryl/α,β-unsaturated/α-hetero) is 2. The number of aromatic nitrogens is 1. The van der Waals surface area contributed by atoms with Gasteiger partial charge in [-0.25, -0.2) is 4.79 Å². The maximum absolute atomic E-state index is 14.6. The van der Waals surface area contributed by atoms with Gasteiger partial charge in [-0.1, -0.05) is 50.6 Å². The monoisotopic (exact) mass is 942 g/mol. The molecule has 4 aliphatic rings. The Labute approximate surface area is 404 Å². The van der Waals surface area contributed by atoms with Crippen LogP contribution in [0.1, 0.15) is 112 Å². The van der Waals surface area contributed by atoms with Crippen LogP contribution in [-0.4, -0.2) is 114 Å². The lowest BCUT2D eigenvalue weighted by Crippen LogP contribution is -2.64. The number of anilines is 1. The summed E-state index contributed by atoms with van der Waals surface area (Å²) < 4.78 is 33.0. The van der Waals surface area contributed by atoms with E-state index in [-0.39, 0.29) is 61.0 Å². The third kappa shape index (κ3) is 12.3. The van der Waals surface area contributed by atoms with Gasteiger partial charge in [0.05, 0.1) is 24.4 Å². The largest absolute Gasteiger partial charge is 0.456 e. The second-order valence-corrected chi connectivity index (χ2v) is 20.4. The molecule has 3 fully saturated rings. The molecular formula is C55H79N3O10. The first kappa shape index (κ1) is 53.0. The number of piperidine rings is 1. The molecule has 2 bridgehead atoms. The van der Waals surface area contributed by atoms with Crippen molar-refractivity contribution < 1.29 is 48.0 Å². The quantitative estimate of drug-likeness (QED) is 0.126. The molecule has 13 heteroatoms. The van der Waals surface area contributed by atoms with Crippen LogP contribution in [0.25, 0.3) is 10.9 Å². The van der Waals surface area contributed by atoms with Crippen LogP contribution in [0.5, 0.6) is 0 Å². The molecule has 3 aliphatic heterocycles. The molecule has 4 heterocycles. The van der Waals surface area contributed by atoms with Gasteiger partial charge in [-0.05, 0) is 132 Å². The van der Waals surface area contributed by atoms with E-state index in [4.69, 9.17) is 23.7 Å². The molecule has 1 aliphatic carbocycles. The molecule has 1 amide bonds. The number of allylic oxidation sites excluding steroid dienone is 5. The summed E-state index contributed by atoms with van der Waals surface area (Å²) in [6.45, 7) is 18.5. The Bertz CT molecular complexity index is 2160. The average molecular weight is 942 g/mol. The van der Waals surface area contributed by atoms with E-state index in [9.17, 15) is 24.3 Å². The topological polar surface area (TPSA) is 155 Å². The molecule has 2 N–H and O–H groups in total. The fourth-order valence-electron chi connectivity index (χ4n) is 11.4. The molecule has 68 heavy (non-hydrogen) atoms. The van der Waals surface area contributed by atoms with Crippen molar-refractivity contribution in [3.8, 4) is 0 Å². The van der Waals surface area contributed by atoms with Crippen molar-refractivity contribution in [3.63, 3.8) is 0 Å². The summed E-state index contributed by atoms with van der Waals surface area (Å²) in [5.74, 6) is -6.36. The number of benzene rings is 1. The molecule has 1 aromatic heterocycles. The van der Waals surface area contributed by atoms with Gasteiger partial charge in [0.15, 0.2) is 0 Å². The Hall–Kier alpha value is -4.40. The van der Waals surface area contributed by atoms with Gasteiger partial charge in [-0.2, -0.15) is 0 Å². The number of nitrogens with one attached hydrogen (secondary N) is 1. The second-order valence-electron chi connectivity index (χ2n) is 20.4. The molecule has 0 spiro atoms. The summed E-state index contributed by atoms with van der Waals surface area (Å²) in [6.07, 6.45) is 13.8. The minimum absolute atomic E-state index is 0.0606. The number of rotatable bonds is 11. The van der Waals surface area contributed by atoms with E-state index >= 15 is 0 Å². The van der Waals surface area contributed by atoms with E-state index in [0.29, 0.717) is 44.9 Å². The van der Waals surface area contributed by atoms with Crippen LogP contribution < -0.4 is 5.32 Å². The number of ketones is 2. The Morgan fingerprint density at radius 3 is 2.37 bits per heavy atom. The zero-order valence-corrected chi connectivity index (χ0v) is 42.0. The normalized spacial score (nSPS) is 35.1. The first-order chi connectivity index (χ1) is 32.5. The first-order valence-electron chi connectivity index (χ1n) is 25.0. The number of aliphatic hydroxyl groups is 1. The van der Waals surface area contributed by atoms with E-state index < -0.39 is 59.8 Å². The number of hydrogen-bond donors (Lipinski definition) is 2. The number of ether oxygens (including phenoxy) is 5. The number of carbonyl (C=O) groups excluding carboxylic acids is 4. The zero-order chi connectivity index (χ0) is 49.3. The van der Waals surface area contributed by atoms with Crippen molar-refractivity contribution in [2.24, 2.45) is 29.6 Å². The summed E-state index contributed by atoms with van der Waals surface area (Å²) in [7, 11) is 4.86. The summed E-state index contributed by atoms with van der Waals surface area (Å²) in [4.78, 5) is 58.7. The molecule has 374 valence electrons. The Kier molecular flexibility index (Phi) is 18.6. The number of amides is 1. The highest BCUT2D eigenvalue weighted by Gasteiger charge is 2.56. The molecule has 6 rings (SSSR count). The van der Waals surface area contributed by atoms with Gasteiger partial charge in [0, 0.05) is 75.5 Å². The predicted octanol–water partition coefficient (Wildman–Crippen LogP) is 8.93. The van der Waals surface area contributed by atoms with Crippen LogP contribution in [0.3, 0.4) is 0 Å². The summed E-state index contributed by atoms with van der Waals surface area (Å²) in [5.41, 5.74) is 4.09. The molecule has 13 nitrogen and oxygen atoms in total. The lowest BCUT2D eigenvalue weighted by molar-refractivity contribution is -0.302. The van der Waals surface area contributed by atoms with Gasteiger partial charge in [0.1, 0.15) is 24.0 Å². The highest BCUT2D eigenvalue weighted by molar-refractivity contribution is 6.39. The molecule has 1 aromatic carbocycles. The Morgan fingerprint density at radius 1 is 0.926 bits per heavy atom. The lowest BCUT2D eigenvalue weighted by Gasteiger charge is -2.47. The number of cyclic esters (lactones) is 1. The molecule has 2 saturated heterocycles. The minimum atomic E-state index is -2.48. The molecule has 1 saturated carbocycles. The number of nitrogens with zero attached hydrogens (tertiary/aromatic N) is 2. The van der Waals surface area contributed by atoms with Crippen LogP contribution >= 0.6 is 0 Å². The molecule has 13 atom stereocenters. The third-order valence-corrected chi connectivity index (χ3v) is 15.2. The molecular weight excluding hydrogens is 863 g/mol. The number of carbonyl (C=O) groups is 4. The highest BCUT2D eigenvalue weighted by atomic mass is 16.7. The number of fused-ring (bicyclic) bond motifs is 4. The van der Waals surface area contributed by atoms with E-state index in [1.54, 1.807) is 34.3 Å². The van der Waals surface area contributed by atoms with Crippen LogP contribution in [0, 0.1) is 29.6 Å². The zero-order valence-electron chi connectivity index (χ0n) is 42.0. The number of esters is 1. The van der Waals surface area contributed by atoms with Gasteiger partial charge < -0.3 is 43.6 Å². The highest BCUT2D eigenvalue weighted by Crippen LogP contribution is 2.40. The Balaban J connectivity index is 1.28. The second kappa shape index (κ2) is 23.9. The van der Waals surface area contributed by atoms with Gasteiger partial charge in [0.25, 0.3) is 11.7 Å². The molecule has 13 unspecified atom stereocenters. The average Bonchev–Trinajstić information content (AvgIpc) is 3.73. The SMILES string of the molecule is C=CCC1/C=C(\C)CC(C)CC(OC)C2OC(O)(C(=O)C(=O)N3CCCCC3C(=O)OC(C(C)=CC3CCC(Nc4ccc5c(ccn5CC=C)c4)C(OC)C3)C(C)CCC1=O)C(C)CC2OC.